The molecule has 2 heterocycles. The fraction of sp³-hybridized carbons (Fsp3) is 0.438. The minimum atomic E-state index is -4.31. The molecule has 1 atom stereocenters. The van der Waals surface area contributed by atoms with Crippen LogP contribution in [0.3, 0.4) is 0 Å². The lowest BCUT2D eigenvalue weighted by atomic mass is 9.96. The predicted molar refractivity (Wildman–Crippen MR) is 90.4 cm³/mol. The summed E-state index contributed by atoms with van der Waals surface area (Å²) in [5, 5.41) is 4.50. The van der Waals surface area contributed by atoms with Gasteiger partial charge >= 0.3 is 6.18 Å². The molecule has 1 aromatic heterocycles. The van der Waals surface area contributed by atoms with Gasteiger partial charge in [-0.3, -0.25) is 9.40 Å². The molecule has 0 saturated carbocycles. The molecule has 0 fully saturated rings. The molecule has 1 aliphatic heterocycles. The number of benzene rings is 1. The van der Waals surface area contributed by atoms with Gasteiger partial charge in [-0.2, -0.15) is 18.3 Å². The predicted octanol–water partition coefficient (Wildman–Crippen LogP) is 3.62. The molecule has 1 aliphatic rings. The standard InChI is InChI=1S/C16H19F3N4S/c1-22-10-15-14(21-22)7-11(8-20-24-2)9-23(15)13-5-3-12(4-6-13)16(17,18)19/h3-6,10-11,20H,7-9H2,1-2H3. The van der Waals surface area contributed by atoms with Crippen LogP contribution in [0.4, 0.5) is 24.5 Å². The smallest absolute Gasteiger partial charge is 0.338 e. The Morgan fingerprint density at radius 1 is 1.29 bits per heavy atom. The molecular weight excluding hydrogens is 337 g/mol. The second-order valence-electron chi connectivity index (χ2n) is 5.91. The summed E-state index contributed by atoms with van der Waals surface area (Å²) in [6.07, 6.45) is 0.444. The van der Waals surface area contributed by atoms with E-state index in [2.05, 4.69) is 14.7 Å². The summed E-state index contributed by atoms with van der Waals surface area (Å²) < 4.78 is 43.3. The topological polar surface area (TPSA) is 33.1 Å². The number of alkyl halides is 3. The average Bonchev–Trinajstić information content (AvgIpc) is 2.91. The molecular formula is C16H19F3N4S. The third-order valence-corrected chi connectivity index (χ3v) is 4.57. The van der Waals surface area contributed by atoms with Crippen LogP contribution < -0.4 is 9.62 Å². The fourth-order valence-electron chi connectivity index (χ4n) is 3.00. The summed E-state index contributed by atoms with van der Waals surface area (Å²) in [6.45, 7) is 1.58. The van der Waals surface area contributed by atoms with Crippen LogP contribution in [-0.4, -0.2) is 29.1 Å². The Kier molecular flexibility index (Phi) is 4.78. The van der Waals surface area contributed by atoms with Crippen LogP contribution in [0.1, 0.15) is 11.3 Å². The van der Waals surface area contributed by atoms with Gasteiger partial charge in [0.15, 0.2) is 0 Å². The van der Waals surface area contributed by atoms with E-state index in [9.17, 15) is 13.2 Å². The van der Waals surface area contributed by atoms with Crippen LogP contribution >= 0.6 is 11.9 Å². The van der Waals surface area contributed by atoms with E-state index in [0.29, 0.717) is 5.92 Å². The first kappa shape index (κ1) is 17.2. The van der Waals surface area contributed by atoms with Crippen molar-refractivity contribution >= 4 is 23.3 Å². The number of rotatable bonds is 4. The van der Waals surface area contributed by atoms with E-state index in [-0.39, 0.29) is 0 Å². The highest BCUT2D eigenvalue weighted by Gasteiger charge is 2.31. The van der Waals surface area contributed by atoms with Crippen LogP contribution in [0.2, 0.25) is 0 Å². The van der Waals surface area contributed by atoms with Gasteiger partial charge in [-0.1, -0.05) is 11.9 Å². The van der Waals surface area contributed by atoms with Crippen LogP contribution in [-0.2, 0) is 19.6 Å². The van der Waals surface area contributed by atoms with Gasteiger partial charge < -0.3 is 4.90 Å². The van der Waals surface area contributed by atoms with Crippen molar-refractivity contribution in [1.82, 2.24) is 14.5 Å². The molecule has 24 heavy (non-hydrogen) atoms. The fourth-order valence-corrected chi connectivity index (χ4v) is 3.40. The molecule has 2 aromatic rings. The zero-order valence-corrected chi connectivity index (χ0v) is 14.3. The quantitative estimate of drug-likeness (QED) is 0.849. The van der Waals surface area contributed by atoms with Crippen molar-refractivity contribution < 1.29 is 13.2 Å². The van der Waals surface area contributed by atoms with E-state index in [4.69, 9.17) is 0 Å². The Bertz CT molecular complexity index is 696. The number of nitrogens with one attached hydrogen (secondary N) is 1. The van der Waals surface area contributed by atoms with Crippen molar-refractivity contribution in [2.75, 3.05) is 24.2 Å². The number of nitrogens with zero attached hydrogens (tertiary/aromatic N) is 3. The molecule has 0 radical (unpaired) electrons. The first-order valence-corrected chi connectivity index (χ1v) is 8.84. The highest BCUT2D eigenvalue weighted by atomic mass is 32.2. The van der Waals surface area contributed by atoms with Gasteiger partial charge in [-0.15, -0.1) is 0 Å². The average molecular weight is 356 g/mol. The number of hydrogen-bond acceptors (Lipinski definition) is 4. The van der Waals surface area contributed by atoms with E-state index in [1.54, 1.807) is 16.6 Å². The van der Waals surface area contributed by atoms with Crippen LogP contribution in [0.5, 0.6) is 0 Å². The maximum absolute atomic E-state index is 12.8. The third kappa shape index (κ3) is 3.54. The third-order valence-electron chi connectivity index (χ3n) is 4.12. The summed E-state index contributed by atoms with van der Waals surface area (Å²) in [5.74, 6) is 0.349. The van der Waals surface area contributed by atoms with E-state index >= 15 is 0 Å². The maximum Gasteiger partial charge on any atom is 0.416 e. The maximum atomic E-state index is 12.8. The van der Waals surface area contributed by atoms with Crippen molar-refractivity contribution in [2.45, 2.75) is 12.6 Å². The molecule has 1 N–H and O–H groups in total. The molecule has 0 saturated heterocycles. The van der Waals surface area contributed by atoms with Crippen molar-refractivity contribution in [1.29, 1.82) is 0 Å². The van der Waals surface area contributed by atoms with Gasteiger partial charge in [0.25, 0.3) is 0 Å². The Morgan fingerprint density at radius 3 is 2.62 bits per heavy atom. The van der Waals surface area contributed by atoms with Gasteiger partial charge in [0.1, 0.15) is 0 Å². The second-order valence-corrected chi connectivity index (χ2v) is 6.61. The largest absolute Gasteiger partial charge is 0.416 e. The van der Waals surface area contributed by atoms with Crippen molar-refractivity contribution in [3.05, 3.63) is 41.7 Å². The lowest BCUT2D eigenvalue weighted by molar-refractivity contribution is -0.137. The van der Waals surface area contributed by atoms with Crippen LogP contribution in [0.15, 0.2) is 30.5 Å². The minimum absolute atomic E-state index is 0.349. The highest BCUT2D eigenvalue weighted by molar-refractivity contribution is 7.96. The molecule has 0 aliphatic carbocycles. The molecule has 0 bridgehead atoms. The van der Waals surface area contributed by atoms with Gasteiger partial charge in [0, 0.05) is 32.0 Å². The number of fused-ring (bicyclic) bond motifs is 1. The van der Waals surface area contributed by atoms with Gasteiger partial charge in [-0.05, 0) is 42.9 Å². The van der Waals surface area contributed by atoms with E-state index < -0.39 is 11.7 Å². The Hall–Kier alpha value is -1.67. The first-order valence-electron chi connectivity index (χ1n) is 7.61. The lowest BCUT2D eigenvalue weighted by Crippen LogP contribution is -2.36. The summed E-state index contributed by atoms with van der Waals surface area (Å²) in [7, 11) is 1.86. The molecule has 4 nitrogen and oxygen atoms in total. The lowest BCUT2D eigenvalue weighted by Gasteiger charge is -2.33. The second kappa shape index (κ2) is 6.68. The molecule has 0 amide bonds. The highest BCUT2D eigenvalue weighted by Crippen LogP contribution is 2.36. The normalized spacial score (nSPS) is 17.9. The number of hydrogen-bond donors (Lipinski definition) is 1. The zero-order valence-electron chi connectivity index (χ0n) is 13.5. The van der Waals surface area contributed by atoms with Crippen molar-refractivity contribution in [2.24, 2.45) is 13.0 Å². The number of aryl methyl sites for hydroxylation is 1. The molecule has 1 unspecified atom stereocenters. The summed E-state index contributed by atoms with van der Waals surface area (Å²) in [6, 6.07) is 5.33. The van der Waals surface area contributed by atoms with Crippen LogP contribution in [0, 0.1) is 5.92 Å². The summed E-state index contributed by atoms with van der Waals surface area (Å²) >= 11 is 1.56. The van der Waals surface area contributed by atoms with Crippen molar-refractivity contribution in [3.63, 3.8) is 0 Å². The van der Waals surface area contributed by atoms with E-state index in [1.165, 1.54) is 12.1 Å². The van der Waals surface area contributed by atoms with E-state index in [1.807, 2.05) is 19.5 Å². The number of aromatic nitrogens is 2. The Morgan fingerprint density at radius 2 is 2.00 bits per heavy atom. The molecule has 8 heteroatoms. The van der Waals surface area contributed by atoms with Crippen LogP contribution in [0.25, 0.3) is 0 Å². The first-order chi connectivity index (χ1) is 11.4. The SMILES string of the molecule is CSNCC1Cc2nn(C)cc2N(c2ccc(C(F)(F)F)cc2)C1. The number of anilines is 2. The monoisotopic (exact) mass is 356 g/mol. The van der Waals surface area contributed by atoms with Gasteiger partial charge in [0.05, 0.1) is 16.9 Å². The van der Waals surface area contributed by atoms with Crippen molar-refractivity contribution in [3.8, 4) is 0 Å². The minimum Gasteiger partial charge on any atom is -0.338 e. The molecule has 1 aromatic carbocycles. The van der Waals surface area contributed by atoms with Gasteiger partial charge in [0.2, 0.25) is 0 Å². The number of halogens is 3. The Balaban J connectivity index is 1.90. The summed E-state index contributed by atoms with van der Waals surface area (Å²) in [4.78, 5) is 2.05. The molecule has 3 rings (SSSR count). The van der Waals surface area contributed by atoms with Gasteiger partial charge in [-0.25, -0.2) is 0 Å². The zero-order chi connectivity index (χ0) is 17.3. The molecule has 0 spiro atoms. The molecule has 130 valence electrons. The van der Waals surface area contributed by atoms with E-state index in [0.717, 1.165) is 48.7 Å². The summed E-state index contributed by atoms with van der Waals surface area (Å²) in [5.41, 5.74) is 2.08. The Labute approximate surface area is 143 Å².